The molecule has 2 aromatic rings. The first-order valence-corrected chi connectivity index (χ1v) is 10.6. The van der Waals surface area contributed by atoms with Crippen LogP contribution in [0.5, 0.6) is 0 Å². The third kappa shape index (κ3) is 4.15. The summed E-state index contributed by atoms with van der Waals surface area (Å²) in [7, 11) is 0. The number of alkyl halides is 3. The average Bonchev–Trinajstić information content (AvgIpc) is 3.14. The number of hydrogen-bond donors (Lipinski definition) is 1. The highest BCUT2D eigenvalue weighted by molar-refractivity contribution is 5.85. The molecule has 1 fully saturated rings. The maximum absolute atomic E-state index is 12.9. The Morgan fingerprint density at radius 1 is 1.22 bits per heavy atom. The molecule has 1 amide bonds. The molecule has 0 saturated carbocycles. The molecule has 0 bridgehead atoms. The third-order valence-corrected chi connectivity index (χ3v) is 6.53. The van der Waals surface area contributed by atoms with Gasteiger partial charge in [-0.3, -0.25) is 14.8 Å². The Balaban J connectivity index is 0.00000245. The van der Waals surface area contributed by atoms with Crippen molar-refractivity contribution in [2.75, 3.05) is 24.5 Å². The monoisotopic (exact) mass is 467 g/mol. The maximum Gasteiger partial charge on any atom is 0.433 e. The van der Waals surface area contributed by atoms with Gasteiger partial charge in [0.2, 0.25) is 5.91 Å². The molecule has 3 aliphatic rings. The summed E-state index contributed by atoms with van der Waals surface area (Å²) in [6, 6.07) is 2.65. The molecule has 10 heteroatoms. The van der Waals surface area contributed by atoms with Gasteiger partial charge in [-0.15, -0.1) is 12.4 Å². The quantitative estimate of drug-likeness (QED) is 0.751. The molecule has 6 nitrogen and oxygen atoms in total. The summed E-state index contributed by atoms with van der Waals surface area (Å²) in [6.07, 6.45) is -1.90. The second-order valence-electron chi connectivity index (χ2n) is 8.63. The van der Waals surface area contributed by atoms with Crippen molar-refractivity contribution in [3.05, 3.63) is 52.1 Å². The number of aromatic nitrogens is 2. The van der Waals surface area contributed by atoms with E-state index in [0.29, 0.717) is 38.3 Å². The lowest BCUT2D eigenvalue weighted by molar-refractivity contribution is -0.141. The topological polar surface area (TPSA) is 61.4 Å². The highest BCUT2D eigenvalue weighted by atomic mass is 35.5. The molecule has 1 N–H and O–H groups in total. The van der Waals surface area contributed by atoms with E-state index in [-0.39, 0.29) is 24.2 Å². The minimum absolute atomic E-state index is 0. The number of aryl methyl sites for hydroxylation is 1. The van der Waals surface area contributed by atoms with Crippen molar-refractivity contribution >= 4 is 24.0 Å². The van der Waals surface area contributed by atoms with Crippen LogP contribution in [0, 0.1) is 12.8 Å². The molecule has 3 aliphatic heterocycles. The summed E-state index contributed by atoms with van der Waals surface area (Å²) in [6.45, 7) is 6.12. The zero-order valence-electron chi connectivity index (χ0n) is 17.7. The Kier molecular flexibility index (Phi) is 6.06. The number of pyridine rings is 2. The largest absolute Gasteiger partial charge is 0.433 e. The number of carbonyl (C=O) groups is 1. The van der Waals surface area contributed by atoms with Gasteiger partial charge in [0, 0.05) is 56.1 Å². The number of hydrogen-bond acceptors (Lipinski definition) is 5. The van der Waals surface area contributed by atoms with E-state index in [1.165, 1.54) is 22.9 Å². The molecule has 0 aliphatic carbocycles. The molecular formula is C22H25ClF3N5O. The maximum atomic E-state index is 12.9. The molecule has 1 saturated heterocycles. The number of nitrogens with one attached hydrogen (secondary N) is 1. The Morgan fingerprint density at radius 3 is 2.75 bits per heavy atom. The van der Waals surface area contributed by atoms with Crippen LogP contribution in [-0.4, -0.2) is 40.4 Å². The van der Waals surface area contributed by atoms with E-state index in [1.807, 2.05) is 16.7 Å². The summed E-state index contributed by atoms with van der Waals surface area (Å²) < 4.78 is 38.6. The fourth-order valence-corrected chi connectivity index (χ4v) is 4.85. The van der Waals surface area contributed by atoms with E-state index in [2.05, 4.69) is 10.3 Å². The number of halogens is 4. The van der Waals surface area contributed by atoms with Crippen molar-refractivity contribution in [1.29, 1.82) is 0 Å². The number of carbonyl (C=O) groups excluding carboxylic acids is 1. The first-order chi connectivity index (χ1) is 14.8. The van der Waals surface area contributed by atoms with Gasteiger partial charge in [-0.1, -0.05) is 0 Å². The van der Waals surface area contributed by atoms with Crippen molar-refractivity contribution in [2.45, 2.75) is 45.6 Å². The molecule has 0 radical (unpaired) electrons. The highest BCUT2D eigenvalue weighted by Gasteiger charge is 2.36. The van der Waals surface area contributed by atoms with Crippen LogP contribution >= 0.6 is 12.4 Å². The number of amides is 1. The Bertz CT molecular complexity index is 1040. The van der Waals surface area contributed by atoms with Crippen molar-refractivity contribution in [2.24, 2.45) is 5.92 Å². The van der Waals surface area contributed by atoms with Crippen molar-refractivity contribution in [3.8, 4) is 0 Å². The lowest BCUT2D eigenvalue weighted by Gasteiger charge is -2.41. The molecule has 0 spiro atoms. The van der Waals surface area contributed by atoms with E-state index in [0.717, 1.165) is 37.0 Å². The van der Waals surface area contributed by atoms with E-state index >= 15 is 0 Å². The van der Waals surface area contributed by atoms with Gasteiger partial charge in [0.25, 0.3) is 0 Å². The second kappa shape index (κ2) is 8.51. The summed E-state index contributed by atoms with van der Waals surface area (Å²) in [5.41, 5.74) is 5.50. The SMILES string of the molecule is Cc1nc2c(c3c1CNCC3)CN(C(=O)CC1CN(c3ccnc(C(F)(F)F)c3)C1)C2.Cl. The van der Waals surface area contributed by atoms with Crippen LogP contribution in [0.15, 0.2) is 18.3 Å². The minimum atomic E-state index is -4.46. The molecule has 2 aromatic heterocycles. The fourth-order valence-electron chi connectivity index (χ4n) is 4.85. The van der Waals surface area contributed by atoms with Gasteiger partial charge < -0.3 is 15.1 Å². The Morgan fingerprint density at radius 2 is 2.00 bits per heavy atom. The van der Waals surface area contributed by atoms with E-state index < -0.39 is 11.9 Å². The van der Waals surface area contributed by atoms with E-state index in [4.69, 9.17) is 4.98 Å². The number of fused-ring (bicyclic) bond motifs is 3. The number of nitrogens with zero attached hydrogens (tertiary/aromatic N) is 4. The molecule has 172 valence electrons. The van der Waals surface area contributed by atoms with Crippen LogP contribution in [-0.2, 0) is 37.0 Å². The molecule has 5 rings (SSSR count). The molecule has 0 atom stereocenters. The minimum Gasteiger partial charge on any atom is -0.371 e. The highest BCUT2D eigenvalue weighted by Crippen LogP contribution is 2.34. The van der Waals surface area contributed by atoms with Crippen LogP contribution in [0.1, 0.15) is 40.2 Å². The molecule has 0 aromatic carbocycles. The van der Waals surface area contributed by atoms with Gasteiger partial charge in [0.05, 0.1) is 12.2 Å². The van der Waals surface area contributed by atoms with Gasteiger partial charge in [-0.25, -0.2) is 0 Å². The van der Waals surface area contributed by atoms with Gasteiger partial charge in [-0.2, -0.15) is 13.2 Å². The van der Waals surface area contributed by atoms with Crippen molar-refractivity contribution in [1.82, 2.24) is 20.2 Å². The lowest BCUT2D eigenvalue weighted by Crippen LogP contribution is -2.48. The van der Waals surface area contributed by atoms with Gasteiger partial charge in [0.15, 0.2) is 0 Å². The van der Waals surface area contributed by atoms with Gasteiger partial charge in [0.1, 0.15) is 5.69 Å². The van der Waals surface area contributed by atoms with Crippen LogP contribution in [0.3, 0.4) is 0 Å². The lowest BCUT2D eigenvalue weighted by atomic mass is 9.94. The first-order valence-electron chi connectivity index (χ1n) is 10.6. The second-order valence-corrected chi connectivity index (χ2v) is 8.63. The predicted molar refractivity (Wildman–Crippen MR) is 115 cm³/mol. The van der Waals surface area contributed by atoms with Crippen LogP contribution in [0.4, 0.5) is 18.9 Å². The summed E-state index contributed by atoms with van der Waals surface area (Å²) in [5, 5.41) is 3.39. The zero-order valence-corrected chi connectivity index (χ0v) is 18.5. The summed E-state index contributed by atoms with van der Waals surface area (Å²) in [5.74, 6) is 0.236. The van der Waals surface area contributed by atoms with E-state index in [1.54, 1.807) is 6.07 Å². The van der Waals surface area contributed by atoms with Crippen molar-refractivity contribution < 1.29 is 18.0 Å². The molecule has 5 heterocycles. The fraction of sp³-hybridized carbons (Fsp3) is 0.500. The smallest absolute Gasteiger partial charge is 0.371 e. The normalized spacial score (nSPS) is 18.0. The Labute approximate surface area is 190 Å². The first kappa shape index (κ1) is 22.8. The van der Waals surface area contributed by atoms with Crippen LogP contribution < -0.4 is 10.2 Å². The van der Waals surface area contributed by atoms with Gasteiger partial charge >= 0.3 is 6.18 Å². The standard InChI is InChI=1S/C22H24F3N5O.ClH/c1-13-17-8-26-4-3-16(17)18-11-30(12-19(18)28-13)21(31)6-14-9-29(10-14)15-2-5-27-20(7-15)22(23,24)25;/h2,5,7,14,26H,3-4,6,8-12H2,1H3;1H. The van der Waals surface area contributed by atoms with Crippen LogP contribution in [0.2, 0.25) is 0 Å². The summed E-state index contributed by atoms with van der Waals surface area (Å²) in [4.78, 5) is 24.8. The zero-order chi connectivity index (χ0) is 21.8. The van der Waals surface area contributed by atoms with Crippen molar-refractivity contribution in [3.63, 3.8) is 0 Å². The molecular weight excluding hydrogens is 443 g/mol. The van der Waals surface area contributed by atoms with E-state index in [9.17, 15) is 18.0 Å². The molecule has 32 heavy (non-hydrogen) atoms. The third-order valence-electron chi connectivity index (χ3n) is 6.53. The number of rotatable bonds is 3. The Hall–Kier alpha value is -2.39. The predicted octanol–water partition coefficient (Wildman–Crippen LogP) is 3.24. The van der Waals surface area contributed by atoms with Gasteiger partial charge in [-0.05, 0) is 48.7 Å². The molecule has 0 unspecified atom stereocenters. The number of anilines is 1. The van der Waals surface area contributed by atoms with Crippen LogP contribution in [0.25, 0.3) is 0 Å². The average molecular weight is 468 g/mol. The summed E-state index contributed by atoms with van der Waals surface area (Å²) >= 11 is 0.